The Hall–Kier alpha value is -1.63. The van der Waals surface area contributed by atoms with E-state index in [1.807, 2.05) is 6.20 Å². The average Bonchev–Trinajstić information content (AvgIpc) is 2.59. The number of allylic oxidation sites excluding steroid dienone is 5. The second kappa shape index (κ2) is 5.87. The molecule has 0 saturated carbocycles. The van der Waals surface area contributed by atoms with Gasteiger partial charge in [0.05, 0.1) is 5.69 Å². The van der Waals surface area contributed by atoms with Gasteiger partial charge in [0.15, 0.2) is 0 Å². The first-order chi connectivity index (χ1) is 10.1. The summed E-state index contributed by atoms with van der Waals surface area (Å²) in [4.78, 5) is 4.65. The molecule has 2 rings (SSSR count). The lowest BCUT2D eigenvalue weighted by atomic mass is 9.82. The van der Waals surface area contributed by atoms with E-state index in [0.29, 0.717) is 0 Å². The van der Waals surface area contributed by atoms with Crippen LogP contribution in [-0.4, -0.2) is 4.98 Å². The molecular formula is C21H29N. The molecule has 0 spiro atoms. The average molecular weight is 295 g/mol. The van der Waals surface area contributed by atoms with Gasteiger partial charge in [-0.1, -0.05) is 71.9 Å². The third-order valence-electron chi connectivity index (χ3n) is 4.30. The van der Waals surface area contributed by atoms with Crippen LogP contribution in [0.4, 0.5) is 0 Å². The van der Waals surface area contributed by atoms with Crippen LogP contribution < -0.4 is 0 Å². The molecule has 1 aromatic rings. The van der Waals surface area contributed by atoms with Crippen LogP contribution in [0.3, 0.4) is 0 Å². The zero-order valence-electron chi connectivity index (χ0n) is 14.9. The standard InChI is InChI=1S/C21H29N/c1-15-9-8-10-16(20(2,3)4)13-18(15)19-14-17(11-12-22-19)21(5,6)7/h8,10-14,18H,1,9H2,2-7H3. The van der Waals surface area contributed by atoms with Gasteiger partial charge in [-0.15, -0.1) is 0 Å². The molecule has 1 aromatic heterocycles. The van der Waals surface area contributed by atoms with Crippen molar-refractivity contribution in [3.63, 3.8) is 0 Å². The fourth-order valence-electron chi connectivity index (χ4n) is 2.70. The Labute approximate surface area is 135 Å². The van der Waals surface area contributed by atoms with E-state index in [9.17, 15) is 0 Å². The predicted octanol–water partition coefficient (Wildman–Crippen LogP) is 5.95. The molecular weight excluding hydrogens is 266 g/mol. The van der Waals surface area contributed by atoms with Gasteiger partial charge in [0.2, 0.25) is 0 Å². The van der Waals surface area contributed by atoms with E-state index in [0.717, 1.165) is 12.1 Å². The molecule has 0 aromatic carbocycles. The summed E-state index contributed by atoms with van der Waals surface area (Å²) in [5, 5.41) is 0. The molecule has 1 atom stereocenters. The van der Waals surface area contributed by atoms with Crippen LogP contribution in [-0.2, 0) is 5.41 Å². The third-order valence-corrected chi connectivity index (χ3v) is 4.30. The summed E-state index contributed by atoms with van der Waals surface area (Å²) in [7, 11) is 0. The second-order valence-electron chi connectivity index (χ2n) is 8.33. The van der Waals surface area contributed by atoms with Gasteiger partial charge in [-0.3, -0.25) is 4.98 Å². The highest BCUT2D eigenvalue weighted by atomic mass is 14.7. The van der Waals surface area contributed by atoms with E-state index in [1.165, 1.54) is 16.7 Å². The van der Waals surface area contributed by atoms with Gasteiger partial charge in [-0.05, 0) is 40.5 Å². The number of aromatic nitrogens is 1. The van der Waals surface area contributed by atoms with Gasteiger partial charge in [-0.25, -0.2) is 0 Å². The molecule has 0 radical (unpaired) electrons. The van der Waals surface area contributed by atoms with Crippen molar-refractivity contribution >= 4 is 0 Å². The van der Waals surface area contributed by atoms with Crippen molar-refractivity contribution in [1.82, 2.24) is 4.98 Å². The Kier molecular flexibility index (Phi) is 4.47. The quantitative estimate of drug-likeness (QED) is 0.583. The molecule has 0 fully saturated rings. The first-order valence-electron chi connectivity index (χ1n) is 8.12. The van der Waals surface area contributed by atoms with Crippen LogP contribution in [0, 0.1) is 5.41 Å². The summed E-state index contributed by atoms with van der Waals surface area (Å²) in [5.41, 5.74) is 5.30. The highest BCUT2D eigenvalue weighted by Gasteiger charge is 2.23. The summed E-state index contributed by atoms with van der Waals surface area (Å²) in [6.45, 7) is 17.8. The van der Waals surface area contributed by atoms with E-state index >= 15 is 0 Å². The van der Waals surface area contributed by atoms with Crippen LogP contribution in [0.25, 0.3) is 0 Å². The monoisotopic (exact) mass is 295 g/mol. The lowest BCUT2D eigenvalue weighted by Crippen LogP contribution is -2.13. The Morgan fingerprint density at radius 2 is 1.77 bits per heavy atom. The van der Waals surface area contributed by atoms with Gasteiger partial charge >= 0.3 is 0 Å². The molecule has 1 unspecified atom stereocenters. The van der Waals surface area contributed by atoms with Gasteiger partial charge in [0, 0.05) is 12.1 Å². The Bertz CT molecular complexity index is 618. The minimum Gasteiger partial charge on any atom is -0.260 e. The van der Waals surface area contributed by atoms with Gasteiger partial charge in [-0.2, -0.15) is 0 Å². The van der Waals surface area contributed by atoms with Crippen LogP contribution in [0.2, 0.25) is 0 Å². The van der Waals surface area contributed by atoms with Crippen LogP contribution in [0.5, 0.6) is 0 Å². The molecule has 1 nitrogen and oxygen atoms in total. The van der Waals surface area contributed by atoms with Crippen molar-refractivity contribution in [2.75, 3.05) is 0 Å². The van der Waals surface area contributed by atoms with Crippen molar-refractivity contribution in [2.45, 2.75) is 59.3 Å². The zero-order valence-corrected chi connectivity index (χ0v) is 14.9. The fourth-order valence-corrected chi connectivity index (χ4v) is 2.70. The minimum absolute atomic E-state index is 0.137. The van der Waals surface area contributed by atoms with E-state index < -0.39 is 0 Å². The van der Waals surface area contributed by atoms with Gasteiger partial charge in [0.1, 0.15) is 0 Å². The largest absolute Gasteiger partial charge is 0.260 e. The topological polar surface area (TPSA) is 12.9 Å². The maximum atomic E-state index is 4.65. The van der Waals surface area contributed by atoms with Crippen LogP contribution in [0.1, 0.15) is 65.1 Å². The van der Waals surface area contributed by atoms with Crippen molar-refractivity contribution in [3.8, 4) is 0 Å². The maximum absolute atomic E-state index is 4.65. The molecule has 0 N–H and O–H groups in total. The SMILES string of the molecule is C=C1CC=CC(C(C)(C)C)=CC1c1cc(C(C)(C)C)ccn1. The normalized spacial score (nSPS) is 19.8. The summed E-state index contributed by atoms with van der Waals surface area (Å²) in [5.74, 6) is 0.200. The highest BCUT2D eigenvalue weighted by Crippen LogP contribution is 2.37. The van der Waals surface area contributed by atoms with Crippen molar-refractivity contribution in [2.24, 2.45) is 5.41 Å². The Balaban J connectivity index is 2.48. The highest BCUT2D eigenvalue weighted by molar-refractivity contribution is 5.40. The number of hydrogen-bond donors (Lipinski definition) is 0. The van der Waals surface area contributed by atoms with Crippen molar-refractivity contribution < 1.29 is 0 Å². The summed E-state index contributed by atoms with van der Waals surface area (Å²) in [6.07, 6.45) is 9.68. The number of hydrogen-bond acceptors (Lipinski definition) is 1. The predicted molar refractivity (Wildman–Crippen MR) is 96.1 cm³/mol. The fraction of sp³-hybridized carbons (Fsp3) is 0.476. The zero-order chi connectivity index (χ0) is 16.5. The number of nitrogens with zero attached hydrogens (tertiary/aromatic N) is 1. The smallest absolute Gasteiger partial charge is 0.0516 e. The summed E-state index contributed by atoms with van der Waals surface area (Å²) < 4.78 is 0. The lowest BCUT2D eigenvalue weighted by molar-refractivity contribution is 0.514. The van der Waals surface area contributed by atoms with E-state index in [4.69, 9.17) is 0 Å². The first-order valence-corrected chi connectivity index (χ1v) is 8.12. The van der Waals surface area contributed by atoms with Crippen molar-refractivity contribution in [3.05, 3.63) is 65.5 Å². The molecule has 0 saturated heterocycles. The van der Waals surface area contributed by atoms with Crippen molar-refractivity contribution in [1.29, 1.82) is 0 Å². The molecule has 1 heteroatoms. The maximum Gasteiger partial charge on any atom is 0.0516 e. The molecule has 1 aliphatic carbocycles. The molecule has 118 valence electrons. The van der Waals surface area contributed by atoms with E-state index in [2.05, 4.69) is 83.5 Å². The molecule has 0 amide bonds. The molecule has 0 aliphatic heterocycles. The summed E-state index contributed by atoms with van der Waals surface area (Å²) >= 11 is 0. The van der Waals surface area contributed by atoms with Gasteiger partial charge in [0.25, 0.3) is 0 Å². The molecule has 0 bridgehead atoms. The molecule has 22 heavy (non-hydrogen) atoms. The summed E-state index contributed by atoms with van der Waals surface area (Å²) in [6, 6.07) is 4.37. The number of rotatable bonds is 1. The first kappa shape index (κ1) is 16.7. The second-order valence-corrected chi connectivity index (χ2v) is 8.33. The minimum atomic E-state index is 0.137. The molecule has 1 aliphatic rings. The van der Waals surface area contributed by atoms with Gasteiger partial charge < -0.3 is 0 Å². The van der Waals surface area contributed by atoms with E-state index in [-0.39, 0.29) is 16.7 Å². The lowest BCUT2D eigenvalue weighted by Gasteiger charge is -2.24. The van der Waals surface area contributed by atoms with Crippen LogP contribution >= 0.6 is 0 Å². The molecule has 1 heterocycles. The Morgan fingerprint density at radius 1 is 1.09 bits per heavy atom. The van der Waals surface area contributed by atoms with E-state index in [1.54, 1.807) is 0 Å². The third kappa shape index (κ3) is 3.76. The Morgan fingerprint density at radius 3 is 2.36 bits per heavy atom. The number of pyridine rings is 1. The van der Waals surface area contributed by atoms with Crippen LogP contribution in [0.15, 0.2) is 54.3 Å².